The lowest BCUT2D eigenvalue weighted by atomic mass is 9.81. The fourth-order valence-corrected chi connectivity index (χ4v) is 3.62. The van der Waals surface area contributed by atoms with E-state index in [0.717, 1.165) is 41.6 Å². The molecule has 3 rings (SSSR count). The Hall–Kier alpha value is -1.93. The van der Waals surface area contributed by atoms with Gasteiger partial charge in [0.2, 0.25) is 5.91 Å². The van der Waals surface area contributed by atoms with Crippen molar-refractivity contribution in [3.05, 3.63) is 23.7 Å². The van der Waals surface area contributed by atoms with Crippen LogP contribution in [0.2, 0.25) is 0 Å². The summed E-state index contributed by atoms with van der Waals surface area (Å²) in [6.45, 7) is 0. The number of aromatic nitrogens is 1. The number of rotatable bonds is 2. The van der Waals surface area contributed by atoms with Gasteiger partial charge in [-0.1, -0.05) is 25.7 Å². The molecule has 1 aromatic carbocycles. The number of nitriles is 1. The van der Waals surface area contributed by atoms with Gasteiger partial charge in [-0.25, -0.2) is 4.98 Å². The smallest absolute Gasteiger partial charge is 0.244 e. The van der Waals surface area contributed by atoms with Gasteiger partial charge in [0.15, 0.2) is 0 Å². The van der Waals surface area contributed by atoms with Gasteiger partial charge in [0, 0.05) is 5.69 Å². The van der Waals surface area contributed by atoms with E-state index in [0.29, 0.717) is 12.8 Å². The number of nitrogens with zero attached hydrogens (tertiary/aromatic N) is 2. The summed E-state index contributed by atoms with van der Waals surface area (Å²) < 4.78 is 1.04. The van der Waals surface area contributed by atoms with E-state index in [1.807, 2.05) is 18.2 Å². The fraction of sp³-hybridized carbons (Fsp3) is 0.438. The van der Waals surface area contributed by atoms with Crippen molar-refractivity contribution in [3.8, 4) is 6.07 Å². The van der Waals surface area contributed by atoms with Crippen LogP contribution in [0.5, 0.6) is 0 Å². The highest BCUT2D eigenvalue weighted by Crippen LogP contribution is 2.36. The summed E-state index contributed by atoms with van der Waals surface area (Å²) in [5.74, 6) is -0.157. The van der Waals surface area contributed by atoms with Crippen molar-refractivity contribution >= 4 is 33.1 Å². The van der Waals surface area contributed by atoms with Crippen LogP contribution in [0.1, 0.15) is 38.5 Å². The molecule has 0 saturated heterocycles. The number of hydrogen-bond donors (Lipinski definition) is 1. The number of benzene rings is 1. The van der Waals surface area contributed by atoms with E-state index in [2.05, 4.69) is 16.4 Å². The minimum absolute atomic E-state index is 0.157. The van der Waals surface area contributed by atoms with E-state index >= 15 is 0 Å². The molecule has 21 heavy (non-hydrogen) atoms. The van der Waals surface area contributed by atoms with Crippen molar-refractivity contribution in [1.29, 1.82) is 5.26 Å². The molecule has 1 amide bonds. The maximum absolute atomic E-state index is 12.6. The molecule has 2 aromatic rings. The van der Waals surface area contributed by atoms with Crippen LogP contribution in [0.15, 0.2) is 23.7 Å². The molecule has 0 aliphatic heterocycles. The molecular weight excluding hydrogens is 282 g/mol. The Morgan fingerprint density at radius 2 is 2.05 bits per heavy atom. The van der Waals surface area contributed by atoms with Crippen LogP contribution in [-0.2, 0) is 4.79 Å². The third kappa shape index (κ3) is 2.77. The zero-order chi connectivity index (χ0) is 14.7. The Labute approximate surface area is 127 Å². The van der Waals surface area contributed by atoms with E-state index in [4.69, 9.17) is 0 Å². The lowest BCUT2D eigenvalue weighted by Gasteiger charge is -2.23. The molecule has 0 unspecified atom stereocenters. The van der Waals surface area contributed by atoms with Crippen LogP contribution in [-0.4, -0.2) is 10.9 Å². The highest BCUT2D eigenvalue weighted by atomic mass is 32.1. The maximum atomic E-state index is 12.6. The second kappa shape index (κ2) is 5.82. The summed E-state index contributed by atoms with van der Waals surface area (Å²) in [5, 5.41) is 12.5. The number of thiazole rings is 1. The summed E-state index contributed by atoms with van der Waals surface area (Å²) >= 11 is 1.54. The van der Waals surface area contributed by atoms with Gasteiger partial charge in [0.25, 0.3) is 0 Å². The Balaban J connectivity index is 1.82. The highest BCUT2D eigenvalue weighted by molar-refractivity contribution is 7.16. The van der Waals surface area contributed by atoms with E-state index in [1.54, 1.807) is 16.8 Å². The largest absolute Gasteiger partial charge is 0.325 e. The monoisotopic (exact) mass is 299 g/mol. The molecule has 1 aromatic heterocycles. The maximum Gasteiger partial charge on any atom is 0.244 e. The lowest BCUT2D eigenvalue weighted by molar-refractivity contribution is -0.123. The zero-order valence-electron chi connectivity index (χ0n) is 11.8. The van der Waals surface area contributed by atoms with Crippen molar-refractivity contribution in [2.24, 2.45) is 5.41 Å². The lowest BCUT2D eigenvalue weighted by Crippen LogP contribution is -2.34. The van der Waals surface area contributed by atoms with Crippen LogP contribution in [0, 0.1) is 16.7 Å². The average molecular weight is 299 g/mol. The van der Waals surface area contributed by atoms with Gasteiger partial charge in [-0.3, -0.25) is 4.79 Å². The van der Waals surface area contributed by atoms with Gasteiger partial charge in [0.05, 0.1) is 21.8 Å². The van der Waals surface area contributed by atoms with Crippen LogP contribution in [0.3, 0.4) is 0 Å². The van der Waals surface area contributed by atoms with Gasteiger partial charge < -0.3 is 5.32 Å². The van der Waals surface area contributed by atoms with Crippen molar-refractivity contribution in [3.63, 3.8) is 0 Å². The van der Waals surface area contributed by atoms with Gasteiger partial charge in [-0.15, -0.1) is 11.3 Å². The van der Waals surface area contributed by atoms with Gasteiger partial charge in [-0.05, 0) is 31.0 Å². The van der Waals surface area contributed by atoms with Crippen molar-refractivity contribution in [1.82, 2.24) is 4.98 Å². The molecule has 5 heteroatoms. The Morgan fingerprint density at radius 1 is 1.29 bits per heavy atom. The van der Waals surface area contributed by atoms with E-state index < -0.39 is 5.41 Å². The predicted molar refractivity (Wildman–Crippen MR) is 84.0 cm³/mol. The molecule has 108 valence electrons. The molecule has 0 spiro atoms. The number of hydrogen-bond acceptors (Lipinski definition) is 4. The molecule has 1 heterocycles. The Bertz CT molecular complexity index is 693. The second-order valence-corrected chi connectivity index (χ2v) is 6.48. The van der Waals surface area contributed by atoms with Crippen LogP contribution >= 0.6 is 11.3 Å². The summed E-state index contributed by atoms with van der Waals surface area (Å²) in [5.41, 5.74) is 2.61. The summed E-state index contributed by atoms with van der Waals surface area (Å²) in [7, 11) is 0. The van der Waals surface area contributed by atoms with Crippen LogP contribution in [0.25, 0.3) is 10.2 Å². The molecule has 1 fully saturated rings. The van der Waals surface area contributed by atoms with Crippen LogP contribution < -0.4 is 5.32 Å². The summed E-state index contributed by atoms with van der Waals surface area (Å²) in [6.07, 6.45) is 5.47. The molecule has 1 N–H and O–H groups in total. The Morgan fingerprint density at radius 3 is 2.76 bits per heavy atom. The average Bonchev–Trinajstić information content (AvgIpc) is 2.82. The molecule has 1 saturated carbocycles. The number of carbonyl (C=O) groups is 1. The van der Waals surface area contributed by atoms with Crippen LogP contribution in [0.4, 0.5) is 5.69 Å². The quantitative estimate of drug-likeness (QED) is 0.849. The Kier molecular flexibility index (Phi) is 3.89. The third-order valence-corrected chi connectivity index (χ3v) is 4.99. The van der Waals surface area contributed by atoms with E-state index in [-0.39, 0.29) is 5.91 Å². The third-order valence-electron chi connectivity index (χ3n) is 4.19. The minimum Gasteiger partial charge on any atom is -0.325 e. The molecule has 4 nitrogen and oxygen atoms in total. The molecule has 0 atom stereocenters. The van der Waals surface area contributed by atoms with Crippen molar-refractivity contribution in [2.45, 2.75) is 38.5 Å². The topological polar surface area (TPSA) is 65.8 Å². The molecule has 0 bridgehead atoms. The van der Waals surface area contributed by atoms with Crippen molar-refractivity contribution in [2.75, 3.05) is 5.32 Å². The predicted octanol–water partition coefficient (Wildman–Crippen LogP) is 4.10. The van der Waals surface area contributed by atoms with E-state index in [1.165, 1.54) is 0 Å². The highest BCUT2D eigenvalue weighted by Gasteiger charge is 2.38. The van der Waals surface area contributed by atoms with E-state index in [9.17, 15) is 10.1 Å². The second-order valence-electron chi connectivity index (χ2n) is 5.60. The zero-order valence-corrected chi connectivity index (χ0v) is 12.6. The molecule has 0 radical (unpaired) electrons. The normalized spacial score (nSPS) is 17.9. The minimum atomic E-state index is -0.862. The molecular formula is C16H17N3OS. The number of anilines is 1. The SMILES string of the molecule is N#CC1(C(=O)Nc2ccc3ncsc3c2)CCCCCC1. The summed E-state index contributed by atoms with van der Waals surface area (Å²) in [6, 6.07) is 7.96. The molecule has 1 aliphatic rings. The fourth-order valence-electron chi connectivity index (χ4n) is 2.91. The first-order valence-electron chi connectivity index (χ1n) is 7.29. The summed E-state index contributed by atoms with van der Waals surface area (Å²) in [4.78, 5) is 16.8. The number of fused-ring (bicyclic) bond motifs is 1. The number of amides is 1. The van der Waals surface area contributed by atoms with Crippen molar-refractivity contribution < 1.29 is 4.79 Å². The van der Waals surface area contributed by atoms with Gasteiger partial charge in [-0.2, -0.15) is 5.26 Å². The first kappa shape index (κ1) is 14.0. The first-order valence-corrected chi connectivity index (χ1v) is 8.17. The van der Waals surface area contributed by atoms with Gasteiger partial charge >= 0.3 is 0 Å². The first-order chi connectivity index (χ1) is 10.2. The standard InChI is InChI=1S/C16H17N3OS/c17-10-16(7-3-1-2-4-8-16)15(20)19-12-5-6-13-14(9-12)21-11-18-13/h5-6,9,11H,1-4,7-8H2,(H,19,20). The number of nitrogens with one attached hydrogen (secondary N) is 1. The molecule has 1 aliphatic carbocycles. The number of carbonyl (C=O) groups excluding carboxylic acids is 1. The van der Waals surface area contributed by atoms with Gasteiger partial charge in [0.1, 0.15) is 5.41 Å².